The molecule has 0 saturated carbocycles. The fourth-order valence-electron chi connectivity index (χ4n) is 2.57. The third-order valence-corrected chi connectivity index (χ3v) is 4.93. The molecule has 2 aromatic rings. The van der Waals surface area contributed by atoms with E-state index < -0.39 is 0 Å². The highest BCUT2D eigenvalue weighted by Crippen LogP contribution is 2.10. The number of aromatic nitrogens is 1. The van der Waals surface area contributed by atoms with Gasteiger partial charge in [-0.1, -0.05) is 12.1 Å². The number of benzene rings is 1. The van der Waals surface area contributed by atoms with Crippen LogP contribution in [0.3, 0.4) is 0 Å². The third-order valence-electron chi connectivity index (χ3n) is 4.11. The zero-order valence-corrected chi connectivity index (χ0v) is 16.6. The second kappa shape index (κ2) is 9.33. The Balaban J connectivity index is 1.86. The summed E-state index contributed by atoms with van der Waals surface area (Å²) >= 11 is 1.58. The monoisotopic (exact) mass is 374 g/mol. The molecule has 0 aliphatic rings. The van der Waals surface area contributed by atoms with Gasteiger partial charge in [-0.25, -0.2) is 9.78 Å². The van der Waals surface area contributed by atoms with Gasteiger partial charge >= 0.3 is 6.03 Å². The fraction of sp³-hybridized carbons (Fsp3) is 0.421. The first kappa shape index (κ1) is 19.9. The van der Waals surface area contributed by atoms with E-state index in [-0.39, 0.29) is 11.9 Å². The van der Waals surface area contributed by atoms with Gasteiger partial charge in [0.15, 0.2) is 0 Å². The summed E-state index contributed by atoms with van der Waals surface area (Å²) < 4.78 is 0. The van der Waals surface area contributed by atoms with Gasteiger partial charge in [0.25, 0.3) is 5.91 Å². The van der Waals surface area contributed by atoms with Crippen LogP contribution in [-0.4, -0.2) is 46.9 Å². The van der Waals surface area contributed by atoms with Gasteiger partial charge in [0.1, 0.15) is 0 Å². The lowest BCUT2D eigenvalue weighted by atomic mass is 10.1. The van der Waals surface area contributed by atoms with Gasteiger partial charge in [-0.3, -0.25) is 4.79 Å². The standard InChI is InChI=1S/C19H26N4O2S/c1-5-23(6-2)18(24)16-9-7-15(8-10-16)11-20-19(25)22(4)12-17-13-26-14(3)21-17/h7-10,13H,5-6,11-12H2,1-4H3,(H,20,25). The van der Waals surface area contributed by atoms with Gasteiger partial charge in [0.05, 0.1) is 17.2 Å². The van der Waals surface area contributed by atoms with Gasteiger partial charge in [-0.15, -0.1) is 11.3 Å². The summed E-state index contributed by atoms with van der Waals surface area (Å²) in [6.07, 6.45) is 0. The maximum absolute atomic E-state index is 12.3. The molecule has 0 atom stereocenters. The maximum Gasteiger partial charge on any atom is 0.317 e. The Labute approximate surface area is 158 Å². The molecule has 0 saturated heterocycles. The third kappa shape index (κ3) is 5.29. The summed E-state index contributed by atoms with van der Waals surface area (Å²) in [5, 5.41) is 5.84. The number of aryl methyl sites for hydroxylation is 1. The average Bonchev–Trinajstić information content (AvgIpc) is 3.05. The molecule has 0 bridgehead atoms. The minimum absolute atomic E-state index is 0.0314. The van der Waals surface area contributed by atoms with Gasteiger partial charge < -0.3 is 15.1 Å². The number of thiazole rings is 1. The highest BCUT2D eigenvalue weighted by molar-refractivity contribution is 7.09. The topological polar surface area (TPSA) is 65.5 Å². The van der Waals surface area contributed by atoms with Crippen molar-refractivity contribution in [2.45, 2.75) is 33.9 Å². The smallest absolute Gasteiger partial charge is 0.317 e. The van der Waals surface area contributed by atoms with Crippen LogP contribution in [0.4, 0.5) is 4.79 Å². The van der Waals surface area contributed by atoms with E-state index in [0.29, 0.717) is 31.7 Å². The van der Waals surface area contributed by atoms with Crippen molar-refractivity contribution >= 4 is 23.3 Å². The summed E-state index contributed by atoms with van der Waals surface area (Å²) in [4.78, 5) is 32.2. The van der Waals surface area contributed by atoms with Crippen molar-refractivity contribution in [3.05, 3.63) is 51.5 Å². The molecule has 0 aliphatic heterocycles. The van der Waals surface area contributed by atoms with Crippen LogP contribution in [0.25, 0.3) is 0 Å². The molecule has 0 spiro atoms. The van der Waals surface area contributed by atoms with Crippen LogP contribution in [0.1, 0.15) is 40.5 Å². The van der Waals surface area contributed by atoms with Crippen molar-refractivity contribution in [1.29, 1.82) is 0 Å². The largest absolute Gasteiger partial charge is 0.339 e. The van der Waals surface area contributed by atoms with E-state index in [1.54, 1.807) is 28.2 Å². The lowest BCUT2D eigenvalue weighted by Crippen LogP contribution is -2.36. The molecule has 0 radical (unpaired) electrons. The zero-order valence-electron chi connectivity index (χ0n) is 15.8. The SMILES string of the molecule is CCN(CC)C(=O)c1ccc(CNC(=O)N(C)Cc2csc(C)n2)cc1. The predicted molar refractivity (Wildman–Crippen MR) is 104 cm³/mol. The Morgan fingerprint density at radius 3 is 2.35 bits per heavy atom. The number of nitrogens with zero attached hydrogens (tertiary/aromatic N) is 3. The summed E-state index contributed by atoms with van der Waals surface area (Å²) in [6.45, 7) is 8.16. The molecule has 2 rings (SSSR count). The molecule has 3 amide bonds. The van der Waals surface area contributed by atoms with Gasteiger partial charge in [-0.2, -0.15) is 0 Å². The number of carbonyl (C=O) groups is 2. The van der Waals surface area contributed by atoms with E-state index in [0.717, 1.165) is 16.3 Å². The molecule has 1 aromatic carbocycles. The lowest BCUT2D eigenvalue weighted by molar-refractivity contribution is 0.0773. The highest BCUT2D eigenvalue weighted by Gasteiger charge is 2.13. The van der Waals surface area contributed by atoms with Crippen molar-refractivity contribution < 1.29 is 9.59 Å². The molecule has 1 heterocycles. The summed E-state index contributed by atoms with van der Waals surface area (Å²) in [6, 6.07) is 7.22. The molecule has 1 N–H and O–H groups in total. The minimum atomic E-state index is -0.154. The Hall–Kier alpha value is -2.41. The second-order valence-electron chi connectivity index (χ2n) is 6.05. The summed E-state index contributed by atoms with van der Waals surface area (Å²) in [5.74, 6) is 0.0314. The number of hydrogen-bond acceptors (Lipinski definition) is 4. The molecule has 1 aromatic heterocycles. The molecule has 7 heteroatoms. The van der Waals surface area contributed by atoms with E-state index >= 15 is 0 Å². The first-order valence-corrected chi connectivity index (χ1v) is 9.60. The van der Waals surface area contributed by atoms with Crippen LogP contribution < -0.4 is 5.32 Å². The van der Waals surface area contributed by atoms with E-state index in [1.807, 2.05) is 50.4 Å². The Morgan fingerprint density at radius 1 is 1.15 bits per heavy atom. The Kier molecular flexibility index (Phi) is 7.15. The molecule has 0 unspecified atom stereocenters. The normalized spacial score (nSPS) is 10.5. The van der Waals surface area contributed by atoms with E-state index in [1.165, 1.54) is 0 Å². The van der Waals surface area contributed by atoms with Crippen molar-refractivity contribution in [3.63, 3.8) is 0 Å². The first-order chi connectivity index (χ1) is 12.4. The predicted octanol–water partition coefficient (Wildman–Crippen LogP) is 3.28. The number of rotatable bonds is 7. The molecule has 26 heavy (non-hydrogen) atoms. The van der Waals surface area contributed by atoms with Crippen LogP contribution in [0.5, 0.6) is 0 Å². The molecule has 0 aliphatic carbocycles. The number of carbonyl (C=O) groups excluding carboxylic acids is 2. The molecular formula is C19H26N4O2S. The minimum Gasteiger partial charge on any atom is -0.339 e. The lowest BCUT2D eigenvalue weighted by Gasteiger charge is -2.19. The Morgan fingerprint density at radius 2 is 1.81 bits per heavy atom. The van der Waals surface area contributed by atoms with Gasteiger partial charge in [0.2, 0.25) is 0 Å². The molecular weight excluding hydrogens is 348 g/mol. The van der Waals surface area contributed by atoms with Crippen LogP contribution in [0.2, 0.25) is 0 Å². The Bertz CT molecular complexity index is 738. The van der Waals surface area contributed by atoms with E-state index in [9.17, 15) is 9.59 Å². The van der Waals surface area contributed by atoms with Crippen molar-refractivity contribution in [2.24, 2.45) is 0 Å². The van der Waals surface area contributed by atoms with Crippen LogP contribution >= 0.6 is 11.3 Å². The number of urea groups is 1. The quantitative estimate of drug-likeness (QED) is 0.809. The average molecular weight is 375 g/mol. The first-order valence-electron chi connectivity index (χ1n) is 8.72. The van der Waals surface area contributed by atoms with Gasteiger partial charge in [0, 0.05) is 37.6 Å². The fourth-order valence-corrected chi connectivity index (χ4v) is 3.17. The number of amides is 3. The maximum atomic E-state index is 12.3. The zero-order chi connectivity index (χ0) is 19.1. The molecule has 0 fully saturated rings. The summed E-state index contributed by atoms with van der Waals surface area (Å²) in [5.41, 5.74) is 2.51. The van der Waals surface area contributed by atoms with Crippen molar-refractivity contribution in [3.8, 4) is 0 Å². The van der Waals surface area contributed by atoms with Gasteiger partial charge in [-0.05, 0) is 38.5 Å². The van der Waals surface area contributed by atoms with E-state index in [2.05, 4.69) is 10.3 Å². The highest BCUT2D eigenvalue weighted by atomic mass is 32.1. The number of hydrogen-bond donors (Lipinski definition) is 1. The van der Waals surface area contributed by atoms with Crippen LogP contribution in [0.15, 0.2) is 29.6 Å². The number of nitrogens with one attached hydrogen (secondary N) is 1. The molecule has 140 valence electrons. The van der Waals surface area contributed by atoms with E-state index in [4.69, 9.17) is 0 Å². The van der Waals surface area contributed by atoms with Crippen LogP contribution in [0, 0.1) is 6.92 Å². The molecule has 6 nitrogen and oxygen atoms in total. The van der Waals surface area contributed by atoms with Crippen molar-refractivity contribution in [2.75, 3.05) is 20.1 Å². The van der Waals surface area contributed by atoms with Crippen LogP contribution in [-0.2, 0) is 13.1 Å². The summed E-state index contributed by atoms with van der Waals surface area (Å²) in [7, 11) is 1.75. The second-order valence-corrected chi connectivity index (χ2v) is 7.11. The van der Waals surface area contributed by atoms with Crippen molar-refractivity contribution in [1.82, 2.24) is 20.1 Å².